The van der Waals surface area contributed by atoms with Gasteiger partial charge in [0.2, 0.25) is 0 Å². The molecule has 5 heteroatoms. The van der Waals surface area contributed by atoms with Gasteiger partial charge in [0.25, 0.3) is 17.7 Å². The first-order valence-corrected chi connectivity index (χ1v) is 8.96. The molecule has 3 fully saturated rings. The third-order valence-electron chi connectivity index (χ3n) is 5.65. The lowest BCUT2D eigenvalue weighted by atomic mass is 10.0. The van der Waals surface area contributed by atoms with Crippen molar-refractivity contribution in [1.82, 2.24) is 10.2 Å². The van der Waals surface area contributed by atoms with Crippen molar-refractivity contribution in [3.63, 3.8) is 0 Å². The van der Waals surface area contributed by atoms with Crippen molar-refractivity contribution in [2.45, 2.75) is 50.6 Å². The van der Waals surface area contributed by atoms with Crippen molar-refractivity contribution < 1.29 is 14.4 Å². The van der Waals surface area contributed by atoms with E-state index in [0.29, 0.717) is 28.5 Å². The number of carbonyl (C=O) groups excluding carboxylic acids is 3. The predicted molar refractivity (Wildman–Crippen MR) is 86.7 cm³/mol. The number of fused-ring (bicyclic) bond motifs is 1. The molecule has 5 nitrogen and oxygen atoms in total. The molecule has 1 heterocycles. The maximum atomic E-state index is 12.6. The zero-order valence-electron chi connectivity index (χ0n) is 13.5. The second kappa shape index (κ2) is 4.91. The molecule has 1 aliphatic heterocycles. The highest BCUT2D eigenvalue weighted by Crippen LogP contribution is 2.44. The molecule has 3 aliphatic carbocycles. The van der Waals surface area contributed by atoms with E-state index in [1.54, 1.807) is 18.2 Å². The summed E-state index contributed by atoms with van der Waals surface area (Å²) in [5.41, 5.74) is 1.30. The minimum absolute atomic E-state index is 0.0591. The Morgan fingerprint density at radius 2 is 1.58 bits per heavy atom. The van der Waals surface area contributed by atoms with Gasteiger partial charge in [-0.25, -0.2) is 0 Å². The Morgan fingerprint density at radius 1 is 0.958 bits per heavy atom. The van der Waals surface area contributed by atoms with Crippen LogP contribution in [0.1, 0.15) is 69.6 Å². The second-order valence-electron chi connectivity index (χ2n) is 7.65. The van der Waals surface area contributed by atoms with Gasteiger partial charge in [0.15, 0.2) is 0 Å². The largest absolute Gasteiger partial charge is 0.349 e. The van der Waals surface area contributed by atoms with Gasteiger partial charge < -0.3 is 5.32 Å². The number of hydrogen-bond donors (Lipinski definition) is 1. The van der Waals surface area contributed by atoms with Crippen molar-refractivity contribution in [2.24, 2.45) is 11.8 Å². The molecule has 0 aromatic heterocycles. The van der Waals surface area contributed by atoms with Crippen LogP contribution in [0.3, 0.4) is 0 Å². The molecule has 0 spiro atoms. The molecule has 0 bridgehead atoms. The summed E-state index contributed by atoms with van der Waals surface area (Å²) in [6.45, 7) is 0. The molecule has 124 valence electrons. The Kier molecular flexibility index (Phi) is 2.91. The Bertz CT molecular complexity index is 748. The van der Waals surface area contributed by atoms with E-state index < -0.39 is 0 Å². The van der Waals surface area contributed by atoms with Gasteiger partial charge in [-0.2, -0.15) is 0 Å². The van der Waals surface area contributed by atoms with E-state index in [1.807, 2.05) is 0 Å². The van der Waals surface area contributed by atoms with Gasteiger partial charge in [-0.1, -0.05) is 0 Å². The summed E-state index contributed by atoms with van der Waals surface area (Å²) in [6.07, 6.45) is 6.60. The van der Waals surface area contributed by atoms with E-state index >= 15 is 0 Å². The van der Waals surface area contributed by atoms with Crippen LogP contribution in [0.15, 0.2) is 18.2 Å². The summed E-state index contributed by atoms with van der Waals surface area (Å²) in [5.74, 6) is 0.687. The number of rotatable bonds is 5. The summed E-state index contributed by atoms with van der Waals surface area (Å²) in [5, 5.41) is 3.17. The Morgan fingerprint density at radius 3 is 2.17 bits per heavy atom. The Balaban J connectivity index is 1.39. The third kappa shape index (κ3) is 2.26. The highest BCUT2D eigenvalue weighted by Gasteiger charge is 2.45. The molecular weight excluding hydrogens is 304 g/mol. The molecule has 0 radical (unpaired) electrons. The van der Waals surface area contributed by atoms with Crippen LogP contribution < -0.4 is 5.32 Å². The molecule has 5 rings (SSSR count). The molecule has 1 N–H and O–H groups in total. The molecule has 24 heavy (non-hydrogen) atoms. The number of benzene rings is 1. The average Bonchev–Trinajstić information content (AvgIpc) is 3.45. The van der Waals surface area contributed by atoms with Crippen LogP contribution in [0.5, 0.6) is 0 Å². The summed E-state index contributed by atoms with van der Waals surface area (Å²) in [6, 6.07) is 5.25. The van der Waals surface area contributed by atoms with Gasteiger partial charge >= 0.3 is 0 Å². The summed E-state index contributed by atoms with van der Waals surface area (Å²) >= 11 is 0. The monoisotopic (exact) mass is 324 g/mol. The maximum absolute atomic E-state index is 12.6. The number of nitrogens with zero attached hydrogens (tertiary/aromatic N) is 1. The van der Waals surface area contributed by atoms with Gasteiger partial charge in [-0.3, -0.25) is 19.3 Å². The van der Waals surface area contributed by atoms with Gasteiger partial charge in [0.1, 0.15) is 0 Å². The van der Waals surface area contributed by atoms with Gasteiger partial charge in [-0.05, 0) is 68.6 Å². The molecular formula is C19H20N2O3. The first-order chi connectivity index (χ1) is 11.6. The SMILES string of the molecule is O=C(NC(C1CC1)C1CC1)c1ccc2c(c1)C(=O)N(C1CC1)C2=O. The fourth-order valence-electron chi connectivity index (χ4n) is 3.83. The lowest BCUT2D eigenvalue weighted by Gasteiger charge is -2.17. The highest BCUT2D eigenvalue weighted by atomic mass is 16.2. The molecule has 3 amide bonds. The van der Waals surface area contributed by atoms with Crippen molar-refractivity contribution in [3.05, 3.63) is 34.9 Å². The Labute approximate surface area is 140 Å². The molecule has 0 unspecified atom stereocenters. The molecule has 1 aromatic carbocycles. The van der Waals surface area contributed by atoms with E-state index in [1.165, 1.54) is 30.6 Å². The van der Waals surface area contributed by atoms with Crippen LogP contribution in [-0.4, -0.2) is 34.7 Å². The van der Waals surface area contributed by atoms with E-state index in [4.69, 9.17) is 0 Å². The lowest BCUT2D eigenvalue weighted by Crippen LogP contribution is -2.38. The minimum Gasteiger partial charge on any atom is -0.349 e. The average molecular weight is 324 g/mol. The van der Waals surface area contributed by atoms with Gasteiger partial charge in [0.05, 0.1) is 11.1 Å². The maximum Gasteiger partial charge on any atom is 0.261 e. The van der Waals surface area contributed by atoms with Gasteiger partial charge in [0, 0.05) is 17.6 Å². The number of hydrogen-bond acceptors (Lipinski definition) is 3. The third-order valence-corrected chi connectivity index (χ3v) is 5.65. The standard InChI is InChI=1S/C19H20N2O3/c22-17(20-16(10-1-2-10)11-3-4-11)12-5-8-14-15(9-12)19(24)21(18(14)23)13-6-7-13/h5,8-11,13,16H,1-4,6-7H2,(H,20,22). The van der Waals surface area contributed by atoms with Crippen molar-refractivity contribution >= 4 is 17.7 Å². The normalized spacial score (nSPS) is 23.0. The minimum atomic E-state index is -0.243. The molecule has 0 atom stereocenters. The van der Waals surface area contributed by atoms with Crippen molar-refractivity contribution in [2.75, 3.05) is 0 Å². The van der Waals surface area contributed by atoms with E-state index in [-0.39, 0.29) is 29.8 Å². The predicted octanol–water partition coefficient (Wildman–Crippen LogP) is 2.36. The zero-order valence-corrected chi connectivity index (χ0v) is 13.5. The zero-order chi connectivity index (χ0) is 16.4. The van der Waals surface area contributed by atoms with Crippen LogP contribution in [-0.2, 0) is 0 Å². The lowest BCUT2D eigenvalue weighted by molar-refractivity contribution is 0.0642. The van der Waals surface area contributed by atoms with Crippen LogP contribution in [0, 0.1) is 11.8 Å². The number of imide groups is 1. The first-order valence-electron chi connectivity index (χ1n) is 8.96. The van der Waals surface area contributed by atoms with E-state index in [9.17, 15) is 14.4 Å². The van der Waals surface area contributed by atoms with Crippen molar-refractivity contribution in [3.8, 4) is 0 Å². The Hall–Kier alpha value is -2.17. The van der Waals surface area contributed by atoms with Crippen LogP contribution in [0.2, 0.25) is 0 Å². The summed E-state index contributed by atoms with van der Waals surface area (Å²) < 4.78 is 0. The topological polar surface area (TPSA) is 66.5 Å². The van der Waals surface area contributed by atoms with E-state index in [0.717, 1.165) is 12.8 Å². The highest BCUT2D eigenvalue weighted by molar-refractivity contribution is 6.22. The van der Waals surface area contributed by atoms with Gasteiger partial charge in [-0.15, -0.1) is 0 Å². The smallest absolute Gasteiger partial charge is 0.261 e. The quantitative estimate of drug-likeness (QED) is 0.846. The van der Waals surface area contributed by atoms with Crippen LogP contribution >= 0.6 is 0 Å². The molecule has 1 aromatic rings. The van der Waals surface area contributed by atoms with Crippen LogP contribution in [0.25, 0.3) is 0 Å². The summed E-state index contributed by atoms with van der Waals surface area (Å²) in [7, 11) is 0. The number of nitrogens with one attached hydrogen (secondary N) is 1. The summed E-state index contributed by atoms with van der Waals surface area (Å²) in [4.78, 5) is 38.8. The van der Waals surface area contributed by atoms with Crippen molar-refractivity contribution in [1.29, 1.82) is 0 Å². The molecule has 4 aliphatic rings. The molecule has 0 saturated heterocycles. The second-order valence-corrected chi connectivity index (χ2v) is 7.65. The number of amides is 3. The molecule has 3 saturated carbocycles. The first kappa shape index (κ1) is 14.2. The number of carbonyl (C=O) groups is 3. The van der Waals surface area contributed by atoms with E-state index in [2.05, 4.69) is 5.32 Å². The fourth-order valence-corrected chi connectivity index (χ4v) is 3.83. The fraction of sp³-hybridized carbons (Fsp3) is 0.526. The van der Waals surface area contributed by atoms with Crippen LogP contribution in [0.4, 0.5) is 0 Å².